The van der Waals surface area contributed by atoms with Gasteiger partial charge in [0, 0.05) is 25.7 Å². The van der Waals surface area contributed by atoms with E-state index in [1.807, 2.05) is 0 Å². The zero-order valence-electron chi connectivity index (χ0n) is 10.8. The highest BCUT2D eigenvalue weighted by atomic mass is 19.2. The van der Waals surface area contributed by atoms with Crippen molar-refractivity contribution in [2.24, 2.45) is 11.7 Å². The van der Waals surface area contributed by atoms with Crippen LogP contribution >= 0.6 is 0 Å². The topological polar surface area (TPSA) is 76.3 Å². The second kappa shape index (κ2) is 5.94. The Labute approximate surface area is 114 Å². The van der Waals surface area contributed by atoms with Crippen LogP contribution in [0.25, 0.3) is 0 Å². The summed E-state index contributed by atoms with van der Waals surface area (Å²) in [5, 5.41) is 0. The highest BCUT2D eigenvalue weighted by Crippen LogP contribution is 2.22. The number of piperidine rings is 1. The largest absolute Gasteiger partial charge is 0.370 e. The van der Waals surface area contributed by atoms with Crippen molar-refractivity contribution in [1.29, 1.82) is 0 Å². The van der Waals surface area contributed by atoms with Crippen molar-refractivity contribution in [3.05, 3.63) is 29.6 Å². The Morgan fingerprint density at radius 1 is 1.35 bits per heavy atom. The Morgan fingerprint density at radius 2 is 2.00 bits per heavy atom. The summed E-state index contributed by atoms with van der Waals surface area (Å²) in [5.74, 6) is -3.27. The third kappa shape index (κ3) is 3.09. The van der Waals surface area contributed by atoms with Crippen LogP contribution in [0, 0.1) is 17.7 Å². The van der Waals surface area contributed by atoms with Crippen LogP contribution in [0.15, 0.2) is 12.3 Å². The maximum absolute atomic E-state index is 13.5. The van der Waals surface area contributed by atoms with Crippen LogP contribution < -0.4 is 5.73 Å². The number of pyridine rings is 1. The highest BCUT2D eigenvalue weighted by Gasteiger charge is 2.27. The Morgan fingerprint density at radius 3 is 2.60 bits per heavy atom. The molecule has 2 amide bonds. The lowest BCUT2D eigenvalue weighted by atomic mass is 9.93. The van der Waals surface area contributed by atoms with Crippen molar-refractivity contribution >= 4 is 11.8 Å². The fourth-order valence-electron chi connectivity index (χ4n) is 2.38. The van der Waals surface area contributed by atoms with E-state index in [0.29, 0.717) is 32.4 Å². The summed E-state index contributed by atoms with van der Waals surface area (Å²) < 4.78 is 26.5. The normalized spacial score (nSPS) is 16.2. The van der Waals surface area contributed by atoms with Crippen molar-refractivity contribution in [2.45, 2.75) is 19.3 Å². The highest BCUT2D eigenvalue weighted by molar-refractivity contribution is 5.94. The molecule has 7 heteroatoms. The number of hydrogen-bond acceptors (Lipinski definition) is 3. The number of rotatable bonds is 3. The van der Waals surface area contributed by atoms with Crippen LogP contribution in [-0.2, 0) is 4.79 Å². The van der Waals surface area contributed by atoms with Crippen molar-refractivity contribution < 1.29 is 18.4 Å². The molecule has 0 saturated carbocycles. The number of carbonyl (C=O) groups is 2. The first-order valence-electron chi connectivity index (χ1n) is 6.36. The van der Waals surface area contributed by atoms with E-state index in [9.17, 15) is 18.4 Å². The van der Waals surface area contributed by atoms with E-state index >= 15 is 0 Å². The average molecular weight is 283 g/mol. The van der Waals surface area contributed by atoms with Gasteiger partial charge in [0.1, 0.15) is 0 Å². The predicted octanol–water partition coefficient (Wildman–Crippen LogP) is 1.09. The Balaban J connectivity index is 2.02. The molecule has 0 unspecified atom stereocenters. The molecule has 1 aliphatic heterocycles. The molecule has 2 N–H and O–H groups in total. The Kier molecular flexibility index (Phi) is 4.26. The number of halogens is 2. The zero-order valence-corrected chi connectivity index (χ0v) is 10.8. The molecule has 2 heterocycles. The first-order valence-corrected chi connectivity index (χ1v) is 6.36. The van der Waals surface area contributed by atoms with E-state index in [-0.39, 0.29) is 17.4 Å². The smallest absolute Gasteiger partial charge is 0.257 e. The van der Waals surface area contributed by atoms with Crippen LogP contribution in [0.3, 0.4) is 0 Å². The number of aromatic nitrogens is 1. The molecule has 0 aromatic carbocycles. The van der Waals surface area contributed by atoms with Crippen molar-refractivity contribution in [3.63, 3.8) is 0 Å². The van der Waals surface area contributed by atoms with E-state index in [1.54, 1.807) is 0 Å². The van der Waals surface area contributed by atoms with E-state index in [0.717, 1.165) is 12.3 Å². The van der Waals surface area contributed by atoms with Crippen LogP contribution in [0.5, 0.6) is 0 Å². The maximum Gasteiger partial charge on any atom is 0.257 e. The molecule has 1 saturated heterocycles. The van der Waals surface area contributed by atoms with Gasteiger partial charge < -0.3 is 10.6 Å². The first kappa shape index (κ1) is 14.4. The predicted molar refractivity (Wildman–Crippen MR) is 66.6 cm³/mol. The number of likely N-dealkylation sites (tertiary alicyclic amines) is 1. The molecule has 20 heavy (non-hydrogen) atoms. The minimum atomic E-state index is -1.28. The molecule has 1 fully saturated rings. The summed E-state index contributed by atoms with van der Waals surface area (Å²) in [6.07, 6.45) is 2.61. The Bertz CT molecular complexity index is 528. The molecular weight excluding hydrogens is 268 g/mol. The molecule has 1 aromatic heterocycles. The zero-order chi connectivity index (χ0) is 14.7. The third-order valence-electron chi connectivity index (χ3n) is 3.47. The van der Waals surface area contributed by atoms with Crippen LogP contribution in [0.4, 0.5) is 8.78 Å². The molecule has 0 aliphatic carbocycles. The van der Waals surface area contributed by atoms with E-state index < -0.39 is 17.7 Å². The maximum atomic E-state index is 13.5. The summed E-state index contributed by atoms with van der Waals surface area (Å²) in [6.45, 7) is 0.806. The lowest BCUT2D eigenvalue weighted by molar-refractivity contribution is -0.119. The summed E-state index contributed by atoms with van der Waals surface area (Å²) in [4.78, 5) is 27.5. The number of nitrogens with two attached hydrogens (primary N) is 1. The molecule has 0 bridgehead atoms. The van der Waals surface area contributed by atoms with Crippen molar-refractivity contribution in [3.8, 4) is 0 Å². The van der Waals surface area contributed by atoms with Crippen molar-refractivity contribution in [2.75, 3.05) is 13.1 Å². The minimum Gasteiger partial charge on any atom is -0.370 e. The molecule has 1 aliphatic rings. The molecule has 1 aromatic rings. The number of primary amides is 1. The van der Waals surface area contributed by atoms with E-state index in [2.05, 4.69) is 4.98 Å². The van der Waals surface area contributed by atoms with Crippen molar-refractivity contribution in [1.82, 2.24) is 9.88 Å². The molecule has 0 spiro atoms. The van der Waals surface area contributed by atoms with Gasteiger partial charge in [-0.2, -0.15) is 4.39 Å². The Hall–Kier alpha value is -2.05. The first-order chi connectivity index (χ1) is 9.49. The quantitative estimate of drug-likeness (QED) is 0.843. The van der Waals surface area contributed by atoms with Gasteiger partial charge in [0.15, 0.2) is 5.82 Å². The second-order valence-electron chi connectivity index (χ2n) is 4.87. The summed E-state index contributed by atoms with van der Waals surface area (Å²) >= 11 is 0. The van der Waals surface area contributed by atoms with Gasteiger partial charge in [0.05, 0.1) is 5.56 Å². The van der Waals surface area contributed by atoms with Crippen LogP contribution in [0.2, 0.25) is 0 Å². The summed E-state index contributed by atoms with van der Waals surface area (Å²) in [6, 6.07) is 1.16. The second-order valence-corrected chi connectivity index (χ2v) is 4.87. The third-order valence-corrected chi connectivity index (χ3v) is 3.47. The summed E-state index contributed by atoms with van der Waals surface area (Å²) in [5.41, 5.74) is 4.81. The monoisotopic (exact) mass is 283 g/mol. The molecule has 108 valence electrons. The lowest BCUT2D eigenvalue weighted by Crippen LogP contribution is -2.39. The SMILES string of the molecule is NC(=O)CC1CCN(C(=O)c2ccnc(F)c2F)CC1. The van der Waals surface area contributed by atoms with Crippen LogP contribution in [-0.4, -0.2) is 34.8 Å². The van der Waals surface area contributed by atoms with Gasteiger partial charge in [0.2, 0.25) is 11.9 Å². The van der Waals surface area contributed by atoms with Gasteiger partial charge in [-0.15, -0.1) is 0 Å². The number of carbonyl (C=O) groups excluding carboxylic acids is 2. The number of amides is 2. The fraction of sp³-hybridized carbons (Fsp3) is 0.462. The van der Waals surface area contributed by atoms with Gasteiger partial charge in [-0.3, -0.25) is 9.59 Å². The van der Waals surface area contributed by atoms with E-state index in [4.69, 9.17) is 5.73 Å². The van der Waals surface area contributed by atoms with Gasteiger partial charge in [-0.05, 0) is 24.8 Å². The molecule has 0 radical (unpaired) electrons. The van der Waals surface area contributed by atoms with Gasteiger partial charge in [-0.1, -0.05) is 0 Å². The lowest BCUT2D eigenvalue weighted by Gasteiger charge is -2.31. The van der Waals surface area contributed by atoms with E-state index in [1.165, 1.54) is 4.90 Å². The molecular formula is C13H15F2N3O2. The van der Waals surface area contributed by atoms with Gasteiger partial charge in [-0.25, -0.2) is 9.37 Å². The molecule has 0 atom stereocenters. The molecule has 2 rings (SSSR count). The molecule has 5 nitrogen and oxygen atoms in total. The fourth-order valence-corrected chi connectivity index (χ4v) is 2.38. The average Bonchev–Trinajstić information content (AvgIpc) is 2.41. The van der Waals surface area contributed by atoms with Gasteiger partial charge in [0.25, 0.3) is 5.91 Å². The number of nitrogens with zero attached hydrogens (tertiary/aromatic N) is 2. The number of hydrogen-bond donors (Lipinski definition) is 1. The van der Waals surface area contributed by atoms with Crippen LogP contribution in [0.1, 0.15) is 29.6 Å². The minimum absolute atomic E-state index is 0.149. The summed E-state index contributed by atoms with van der Waals surface area (Å²) in [7, 11) is 0. The van der Waals surface area contributed by atoms with Gasteiger partial charge >= 0.3 is 0 Å². The standard InChI is InChI=1S/C13H15F2N3O2/c14-11-9(1-4-17-12(11)15)13(20)18-5-2-8(3-6-18)7-10(16)19/h1,4,8H,2-3,5-7H2,(H2,16,19).